The molecule has 0 unspecified atom stereocenters. The van der Waals surface area contributed by atoms with Crippen molar-refractivity contribution < 1.29 is 19.8 Å². The highest BCUT2D eigenvalue weighted by atomic mass is 16.3. The number of Topliss-reactive ketones (excluding diaryl/α,β-unsaturated/α-hetero) is 1. The molecule has 0 radical (unpaired) electrons. The van der Waals surface area contributed by atoms with Crippen LogP contribution in [0.5, 0.6) is 11.5 Å². The largest absolute Gasteiger partial charge is 0.508 e. The number of amides is 1. The van der Waals surface area contributed by atoms with E-state index < -0.39 is 18.0 Å². The summed E-state index contributed by atoms with van der Waals surface area (Å²) in [5.74, 6) is -0.551. The number of H-pyrrole nitrogens is 2. The second kappa shape index (κ2) is 13.2. The third-order valence-electron chi connectivity index (χ3n) is 8.77. The lowest BCUT2D eigenvalue weighted by Crippen LogP contribution is -2.50. The Morgan fingerprint density at radius 2 is 1.21 bits per heavy atom. The van der Waals surface area contributed by atoms with Gasteiger partial charge in [-0.15, -0.1) is 0 Å². The van der Waals surface area contributed by atoms with Crippen molar-refractivity contribution in [1.29, 1.82) is 0 Å². The molecule has 1 amide bonds. The number of nitrogens with two attached hydrogens (primary N) is 1. The van der Waals surface area contributed by atoms with Crippen LogP contribution in [0.1, 0.15) is 44.3 Å². The molecule has 10 heteroatoms. The van der Waals surface area contributed by atoms with E-state index in [4.69, 9.17) is 15.7 Å². The van der Waals surface area contributed by atoms with E-state index in [1.54, 1.807) is 48.5 Å². The molecule has 2 aromatic carbocycles. The maximum absolute atomic E-state index is 14.7. The van der Waals surface area contributed by atoms with Gasteiger partial charge in [-0.25, -0.2) is 0 Å². The van der Waals surface area contributed by atoms with E-state index in [0.29, 0.717) is 29.6 Å². The van der Waals surface area contributed by atoms with Gasteiger partial charge in [-0.3, -0.25) is 19.6 Å². The van der Waals surface area contributed by atoms with Crippen LogP contribution in [0.2, 0.25) is 0 Å². The average Bonchev–Trinajstić information content (AvgIpc) is 3.90. The van der Waals surface area contributed by atoms with Crippen molar-refractivity contribution in [1.82, 2.24) is 25.3 Å². The number of phenols is 2. The lowest BCUT2D eigenvalue weighted by atomic mass is 9.95. The summed E-state index contributed by atoms with van der Waals surface area (Å²) in [6.45, 7) is 0. The summed E-state index contributed by atoms with van der Waals surface area (Å²) >= 11 is 0. The normalized spacial score (nSPS) is 13.9. The molecule has 10 nitrogen and oxygen atoms in total. The summed E-state index contributed by atoms with van der Waals surface area (Å²) in [4.78, 5) is 44.9. The second-order valence-corrected chi connectivity index (χ2v) is 12.4. The Morgan fingerprint density at radius 1 is 0.688 bits per heavy atom. The summed E-state index contributed by atoms with van der Waals surface area (Å²) in [5.41, 5.74) is 15.0. The summed E-state index contributed by atoms with van der Waals surface area (Å²) in [6, 6.07) is 25.1. The Balaban J connectivity index is 1.32. The van der Waals surface area contributed by atoms with Gasteiger partial charge in [0.2, 0.25) is 5.91 Å². The van der Waals surface area contributed by atoms with Gasteiger partial charge in [-0.2, -0.15) is 0 Å². The quantitative estimate of drug-likeness (QED) is 0.133. The van der Waals surface area contributed by atoms with Gasteiger partial charge < -0.3 is 31.2 Å². The van der Waals surface area contributed by atoms with E-state index in [2.05, 4.69) is 21.4 Å². The summed E-state index contributed by atoms with van der Waals surface area (Å²) in [6.07, 6.45) is 3.25. The van der Waals surface area contributed by atoms with Gasteiger partial charge in [0.25, 0.3) is 0 Å². The number of aromatic amines is 2. The monoisotopic (exact) mass is 640 g/mol. The van der Waals surface area contributed by atoms with Crippen LogP contribution in [0, 0.1) is 0 Å². The highest BCUT2D eigenvalue weighted by Gasteiger charge is 2.29. The van der Waals surface area contributed by atoms with Crippen molar-refractivity contribution in [3.05, 3.63) is 130 Å². The Kier molecular flexibility index (Phi) is 8.48. The number of carbonyl (C=O) groups excluding carboxylic acids is 2. The highest BCUT2D eigenvalue weighted by molar-refractivity contribution is 6.08. The van der Waals surface area contributed by atoms with Crippen LogP contribution in [-0.4, -0.2) is 53.9 Å². The number of ketones is 1. The number of aromatic hydroxyl groups is 2. The van der Waals surface area contributed by atoms with Gasteiger partial charge >= 0.3 is 0 Å². The van der Waals surface area contributed by atoms with Crippen molar-refractivity contribution in [3.8, 4) is 11.5 Å². The number of aromatic nitrogens is 4. The van der Waals surface area contributed by atoms with Gasteiger partial charge in [0, 0.05) is 40.1 Å². The van der Waals surface area contributed by atoms with E-state index in [0.717, 1.165) is 57.6 Å². The Labute approximate surface area is 276 Å². The third kappa shape index (κ3) is 6.98. The van der Waals surface area contributed by atoms with Crippen LogP contribution in [0.3, 0.4) is 0 Å². The van der Waals surface area contributed by atoms with Crippen molar-refractivity contribution in [2.45, 2.75) is 50.6 Å². The maximum Gasteiger partial charge on any atom is 0.237 e. The van der Waals surface area contributed by atoms with Crippen LogP contribution < -0.4 is 11.1 Å². The molecule has 48 heavy (non-hydrogen) atoms. The SMILES string of the molecule is N[C@@H](Cc1ccc(O)cc1)C(=O)N[C@@H](Cc1ccc(O)cc1)C(=O)c1c2nc(cc3ccc(cc4nc(cc5ccc1[nH]5)CC4)[nH]3)CC2. The molecule has 5 aromatic rings. The van der Waals surface area contributed by atoms with Gasteiger partial charge in [-0.1, -0.05) is 24.3 Å². The molecule has 0 saturated carbocycles. The second-order valence-electron chi connectivity index (χ2n) is 12.4. The van der Waals surface area contributed by atoms with E-state index >= 15 is 0 Å². The lowest BCUT2D eigenvalue weighted by Gasteiger charge is -2.21. The molecular weight excluding hydrogens is 604 g/mol. The van der Waals surface area contributed by atoms with Gasteiger partial charge in [0.05, 0.1) is 28.9 Å². The maximum atomic E-state index is 14.7. The molecule has 3 aromatic heterocycles. The summed E-state index contributed by atoms with van der Waals surface area (Å²) < 4.78 is 0. The molecule has 5 heterocycles. The zero-order valence-corrected chi connectivity index (χ0v) is 26.2. The van der Waals surface area contributed by atoms with Crippen molar-refractivity contribution in [3.63, 3.8) is 0 Å². The minimum atomic E-state index is -0.974. The fourth-order valence-corrected chi connectivity index (χ4v) is 6.30. The number of benzene rings is 2. The molecule has 0 aliphatic carbocycles. The van der Waals surface area contributed by atoms with Crippen LogP contribution >= 0.6 is 0 Å². The molecular formula is C38H36N6O4. The number of carbonyl (C=O) groups is 2. The zero-order valence-electron chi connectivity index (χ0n) is 26.2. The Bertz CT molecular complexity index is 2150. The number of rotatable bonds is 8. The molecule has 0 saturated heterocycles. The Morgan fingerprint density at radius 3 is 1.83 bits per heavy atom. The fraction of sp³-hybridized carbons (Fsp3) is 0.211. The van der Waals surface area contributed by atoms with Crippen LogP contribution in [0.4, 0.5) is 0 Å². The first kappa shape index (κ1) is 30.9. The molecule has 7 rings (SSSR count). The number of aryl methyl sites for hydroxylation is 4. The first-order valence-corrected chi connectivity index (χ1v) is 16.1. The minimum Gasteiger partial charge on any atom is -0.508 e. The summed E-state index contributed by atoms with van der Waals surface area (Å²) in [7, 11) is 0. The van der Waals surface area contributed by atoms with E-state index in [9.17, 15) is 19.8 Å². The zero-order chi connectivity index (χ0) is 33.2. The lowest BCUT2D eigenvalue weighted by molar-refractivity contribution is -0.122. The number of fused-ring (bicyclic) bond motifs is 8. The highest BCUT2D eigenvalue weighted by Crippen LogP contribution is 2.24. The molecule has 8 bridgehead atoms. The Hall–Kier alpha value is -5.74. The first-order chi connectivity index (χ1) is 23.3. The van der Waals surface area contributed by atoms with Crippen LogP contribution in [0.15, 0.2) is 91.0 Å². The topological polar surface area (TPSA) is 170 Å². The van der Waals surface area contributed by atoms with Crippen LogP contribution in [0.25, 0.3) is 22.1 Å². The smallest absolute Gasteiger partial charge is 0.237 e. The molecule has 0 spiro atoms. The van der Waals surface area contributed by atoms with Crippen LogP contribution in [-0.2, 0) is 43.3 Å². The fourth-order valence-electron chi connectivity index (χ4n) is 6.30. The van der Waals surface area contributed by atoms with Crippen molar-refractivity contribution >= 4 is 33.8 Å². The average molecular weight is 641 g/mol. The van der Waals surface area contributed by atoms with E-state index in [1.165, 1.54) is 0 Å². The van der Waals surface area contributed by atoms with Crippen molar-refractivity contribution in [2.24, 2.45) is 5.73 Å². The number of hydrogen-bond acceptors (Lipinski definition) is 7. The van der Waals surface area contributed by atoms with Gasteiger partial charge in [0.15, 0.2) is 5.78 Å². The number of phenolic OH excluding ortho intramolecular Hbond substituents is 2. The van der Waals surface area contributed by atoms with Gasteiger partial charge in [0.1, 0.15) is 11.5 Å². The molecule has 242 valence electrons. The number of hydrogen-bond donors (Lipinski definition) is 6. The third-order valence-corrected chi connectivity index (χ3v) is 8.77. The van der Waals surface area contributed by atoms with Crippen molar-refractivity contribution in [2.75, 3.05) is 0 Å². The van der Waals surface area contributed by atoms with E-state index in [1.807, 2.05) is 36.4 Å². The first-order valence-electron chi connectivity index (χ1n) is 16.1. The molecule has 0 fully saturated rings. The standard InChI is InChI=1S/C38H36N6O4/c39-32(17-22-1-11-30(45)12-2-22)38(48)44-35(18-23-3-13-31(46)14-4-23)37(47)36-33-15-9-28(42-33)20-26-7-5-24(40-26)19-25-6-8-27(41-25)21-29-10-16-34(36)43-29/h1-5,7,10-14,16,19-21,32,35,40,43,45-46H,6,8-9,15,17-18,39H2,(H,44,48)/t32-,35-/m0/s1. The van der Waals surface area contributed by atoms with Gasteiger partial charge in [-0.05, 0) is 110 Å². The molecule has 2 aliphatic heterocycles. The predicted octanol–water partition coefficient (Wildman–Crippen LogP) is 4.78. The molecule has 2 atom stereocenters. The summed E-state index contributed by atoms with van der Waals surface area (Å²) in [5, 5.41) is 22.5. The number of nitrogens with one attached hydrogen (secondary N) is 3. The molecule has 2 aliphatic rings. The number of nitrogens with zero attached hydrogens (tertiary/aromatic N) is 2. The minimum absolute atomic E-state index is 0.104. The molecule has 7 N–H and O–H groups in total. The predicted molar refractivity (Wildman–Crippen MR) is 184 cm³/mol. The van der Waals surface area contributed by atoms with E-state index in [-0.39, 0.29) is 30.1 Å².